The predicted molar refractivity (Wildman–Crippen MR) is 78.3 cm³/mol. The molecule has 0 saturated carbocycles. The Morgan fingerprint density at radius 3 is 2.74 bits per heavy atom. The van der Waals surface area contributed by atoms with Gasteiger partial charge in [0, 0.05) is 30.3 Å². The summed E-state index contributed by atoms with van der Waals surface area (Å²) in [6.45, 7) is 5.00. The van der Waals surface area contributed by atoms with E-state index in [2.05, 4.69) is 28.3 Å². The van der Waals surface area contributed by atoms with Crippen LogP contribution in [0.15, 0.2) is 36.8 Å². The highest BCUT2D eigenvalue weighted by molar-refractivity contribution is 6.31. The lowest BCUT2D eigenvalue weighted by Crippen LogP contribution is -2.23. The molecule has 0 aliphatic heterocycles. The van der Waals surface area contributed by atoms with Crippen LogP contribution in [0.4, 0.5) is 0 Å². The Hall–Kier alpha value is -1.45. The first-order valence-electron chi connectivity index (χ1n) is 6.45. The van der Waals surface area contributed by atoms with Gasteiger partial charge in [-0.15, -0.1) is 0 Å². The number of hydrogen-bond acceptors (Lipinski definition) is 3. The average molecular weight is 276 g/mol. The summed E-state index contributed by atoms with van der Waals surface area (Å²) in [6.07, 6.45) is 6.22. The number of likely N-dealkylation sites (N-methyl/N-ethyl adjacent to an activating group) is 1. The summed E-state index contributed by atoms with van der Waals surface area (Å²) in [5, 5.41) is 4.19. The van der Waals surface area contributed by atoms with Crippen molar-refractivity contribution in [2.75, 3.05) is 6.54 Å². The number of aromatic nitrogens is 2. The van der Waals surface area contributed by atoms with E-state index >= 15 is 0 Å². The van der Waals surface area contributed by atoms with Crippen molar-refractivity contribution >= 4 is 11.6 Å². The molecule has 1 atom stereocenters. The molecule has 2 rings (SSSR count). The highest BCUT2D eigenvalue weighted by Crippen LogP contribution is 2.22. The lowest BCUT2D eigenvalue weighted by Gasteiger charge is -2.18. The van der Waals surface area contributed by atoms with Gasteiger partial charge in [-0.1, -0.05) is 24.6 Å². The van der Waals surface area contributed by atoms with E-state index in [1.165, 1.54) is 5.56 Å². The normalized spacial score (nSPS) is 12.4. The van der Waals surface area contributed by atoms with Gasteiger partial charge in [0.15, 0.2) is 0 Å². The van der Waals surface area contributed by atoms with E-state index < -0.39 is 0 Å². The van der Waals surface area contributed by atoms with Gasteiger partial charge in [0.05, 0.1) is 5.02 Å². The van der Waals surface area contributed by atoms with Crippen LogP contribution in [0.5, 0.6) is 0 Å². The zero-order valence-corrected chi connectivity index (χ0v) is 12.0. The van der Waals surface area contributed by atoms with Crippen LogP contribution in [0.1, 0.15) is 29.8 Å². The van der Waals surface area contributed by atoms with E-state index in [1.807, 2.05) is 25.3 Å². The van der Waals surface area contributed by atoms with Crippen LogP contribution < -0.4 is 5.32 Å². The first-order chi connectivity index (χ1) is 9.20. The molecule has 0 aromatic carbocycles. The number of hydrogen-bond donors (Lipinski definition) is 1. The van der Waals surface area contributed by atoms with Crippen LogP contribution >= 0.6 is 11.6 Å². The molecule has 3 nitrogen and oxygen atoms in total. The van der Waals surface area contributed by atoms with Crippen molar-refractivity contribution in [1.82, 2.24) is 15.3 Å². The monoisotopic (exact) mass is 275 g/mol. The molecule has 0 amide bonds. The Morgan fingerprint density at radius 2 is 2.11 bits per heavy atom. The number of halogens is 1. The van der Waals surface area contributed by atoms with E-state index in [4.69, 9.17) is 11.6 Å². The molecule has 0 aliphatic carbocycles. The Bertz CT molecular complexity index is 525. The van der Waals surface area contributed by atoms with Crippen LogP contribution in [-0.4, -0.2) is 16.5 Å². The molecule has 4 heteroatoms. The molecule has 0 bridgehead atoms. The predicted octanol–water partition coefficient (Wildman–Crippen LogP) is 3.33. The fourth-order valence-corrected chi connectivity index (χ4v) is 2.23. The first-order valence-corrected chi connectivity index (χ1v) is 6.83. The van der Waals surface area contributed by atoms with E-state index in [1.54, 1.807) is 12.4 Å². The van der Waals surface area contributed by atoms with Crippen molar-refractivity contribution in [3.05, 3.63) is 58.6 Å². The van der Waals surface area contributed by atoms with E-state index in [9.17, 15) is 0 Å². The van der Waals surface area contributed by atoms with E-state index in [-0.39, 0.29) is 6.04 Å². The fraction of sp³-hybridized carbons (Fsp3) is 0.333. The van der Waals surface area contributed by atoms with Crippen molar-refractivity contribution in [3.8, 4) is 0 Å². The Labute approximate surface area is 119 Å². The van der Waals surface area contributed by atoms with Gasteiger partial charge in [0.2, 0.25) is 0 Å². The summed E-state index contributed by atoms with van der Waals surface area (Å²) < 4.78 is 0. The molecule has 1 N–H and O–H groups in total. The summed E-state index contributed by atoms with van der Waals surface area (Å²) in [6, 6.07) is 6.34. The second kappa shape index (κ2) is 6.64. The maximum Gasteiger partial charge on any atom is 0.0622 e. The minimum absolute atomic E-state index is 0.220. The van der Waals surface area contributed by atoms with Gasteiger partial charge < -0.3 is 5.32 Å². The molecular weight excluding hydrogens is 258 g/mol. The third kappa shape index (κ3) is 3.75. The Balaban J connectivity index is 2.21. The van der Waals surface area contributed by atoms with E-state index in [0.29, 0.717) is 5.02 Å². The molecular formula is C15H18ClN3. The highest BCUT2D eigenvalue weighted by atomic mass is 35.5. The van der Waals surface area contributed by atoms with Crippen LogP contribution in [0.3, 0.4) is 0 Å². The van der Waals surface area contributed by atoms with Crippen LogP contribution in [0.2, 0.25) is 5.02 Å². The molecule has 19 heavy (non-hydrogen) atoms. The standard InChI is InChI=1S/C15H18ClN3/c1-3-18-15(13-5-4-11(2)19-9-13)8-12-6-7-17-10-14(12)16/h4-7,9-10,15,18H,3,8H2,1-2H3. The molecule has 2 aromatic heterocycles. The number of aryl methyl sites for hydroxylation is 1. The van der Waals surface area contributed by atoms with Crippen molar-refractivity contribution in [2.24, 2.45) is 0 Å². The highest BCUT2D eigenvalue weighted by Gasteiger charge is 2.13. The zero-order valence-electron chi connectivity index (χ0n) is 11.2. The van der Waals surface area contributed by atoms with Gasteiger partial charge in [-0.25, -0.2) is 0 Å². The van der Waals surface area contributed by atoms with Gasteiger partial charge in [-0.2, -0.15) is 0 Å². The molecule has 1 unspecified atom stereocenters. The average Bonchev–Trinajstić information content (AvgIpc) is 2.42. The van der Waals surface area contributed by atoms with Crippen molar-refractivity contribution in [3.63, 3.8) is 0 Å². The smallest absolute Gasteiger partial charge is 0.0622 e. The van der Waals surface area contributed by atoms with Crippen molar-refractivity contribution < 1.29 is 0 Å². The molecule has 0 saturated heterocycles. The lowest BCUT2D eigenvalue weighted by atomic mass is 10.0. The molecule has 0 radical (unpaired) electrons. The fourth-order valence-electron chi connectivity index (χ4n) is 2.03. The Morgan fingerprint density at radius 1 is 1.26 bits per heavy atom. The van der Waals surface area contributed by atoms with Crippen molar-refractivity contribution in [2.45, 2.75) is 26.3 Å². The minimum Gasteiger partial charge on any atom is -0.310 e. The number of rotatable bonds is 5. The molecule has 0 spiro atoms. The lowest BCUT2D eigenvalue weighted by molar-refractivity contribution is 0.548. The largest absolute Gasteiger partial charge is 0.310 e. The van der Waals surface area contributed by atoms with Crippen molar-refractivity contribution in [1.29, 1.82) is 0 Å². The number of nitrogens with one attached hydrogen (secondary N) is 1. The summed E-state index contributed by atoms with van der Waals surface area (Å²) in [5.41, 5.74) is 3.31. The number of nitrogens with zero attached hydrogens (tertiary/aromatic N) is 2. The molecule has 100 valence electrons. The third-order valence-corrected chi connectivity index (χ3v) is 3.41. The van der Waals surface area contributed by atoms with Crippen LogP contribution in [0.25, 0.3) is 0 Å². The zero-order chi connectivity index (χ0) is 13.7. The SMILES string of the molecule is CCNC(Cc1ccncc1Cl)c1ccc(C)nc1. The molecule has 2 aromatic rings. The molecule has 0 aliphatic rings. The number of pyridine rings is 2. The summed E-state index contributed by atoms with van der Waals surface area (Å²) in [5.74, 6) is 0. The minimum atomic E-state index is 0.220. The Kier molecular flexibility index (Phi) is 4.88. The summed E-state index contributed by atoms with van der Waals surface area (Å²) in [4.78, 5) is 8.38. The van der Waals surface area contributed by atoms with E-state index in [0.717, 1.165) is 24.2 Å². The summed E-state index contributed by atoms with van der Waals surface area (Å²) in [7, 11) is 0. The van der Waals surface area contributed by atoms with Gasteiger partial charge in [0.1, 0.15) is 0 Å². The quantitative estimate of drug-likeness (QED) is 0.909. The molecule has 2 heterocycles. The molecule has 0 fully saturated rings. The van der Waals surface area contributed by atoms with Gasteiger partial charge in [-0.3, -0.25) is 9.97 Å². The van der Waals surface area contributed by atoms with Gasteiger partial charge in [0.25, 0.3) is 0 Å². The van der Waals surface area contributed by atoms with Gasteiger partial charge >= 0.3 is 0 Å². The third-order valence-electron chi connectivity index (χ3n) is 3.07. The van der Waals surface area contributed by atoms with Crippen LogP contribution in [-0.2, 0) is 6.42 Å². The second-order valence-electron chi connectivity index (χ2n) is 4.51. The van der Waals surface area contributed by atoms with Gasteiger partial charge in [-0.05, 0) is 43.1 Å². The topological polar surface area (TPSA) is 37.8 Å². The summed E-state index contributed by atoms with van der Waals surface area (Å²) >= 11 is 6.18. The first kappa shape index (κ1) is 14.0. The van der Waals surface area contributed by atoms with Crippen LogP contribution in [0, 0.1) is 6.92 Å². The maximum absolute atomic E-state index is 6.18. The maximum atomic E-state index is 6.18. The second-order valence-corrected chi connectivity index (χ2v) is 4.92.